The van der Waals surface area contributed by atoms with E-state index in [1.54, 1.807) is 0 Å². The highest BCUT2D eigenvalue weighted by Crippen LogP contribution is 2.36. The third-order valence-electron chi connectivity index (χ3n) is 5.08. The number of aromatic carboxylic acids is 1. The summed E-state index contributed by atoms with van der Waals surface area (Å²) in [5.41, 5.74) is -1.43. The average Bonchev–Trinajstić information content (AvgIpc) is 2.59. The molecule has 11 heteroatoms. The number of nitrogens with one attached hydrogen (secondary N) is 1. The van der Waals surface area contributed by atoms with Gasteiger partial charge in [0.05, 0.1) is 35.6 Å². The summed E-state index contributed by atoms with van der Waals surface area (Å²) in [6, 6.07) is 1.74. The van der Waals surface area contributed by atoms with Crippen LogP contribution in [0.4, 0.5) is 10.1 Å². The van der Waals surface area contributed by atoms with Crippen LogP contribution >= 0.6 is 0 Å². The third-order valence-corrected chi connectivity index (χ3v) is 6.67. The highest BCUT2D eigenvalue weighted by Gasteiger charge is 2.51. The number of hydrogen-bond acceptors (Lipinski definition) is 6. The molecule has 0 aliphatic carbocycles. The molecule has 0 radical (unpaired) electrons. The maximum Gasteiger partial charge on any atom is 0.338 e. The number of nitrogens with zero attached hydrogens (tertiary/aromatic N) is 2. The summed E-state index contributed by atoms with van der Waals surface area (Å²) in [5.74, 6) is -3.64. The number of piperidine rings is 1. The van der Waals surface area contributed by atoms with Crippen LogP contribution in [0.5, 0.6) is 0 Å². The van der Waals surface area contributed by atoms with Gasteiger partial charge in [-0.1, -0.05) is 6.42 Å². The Bertz CT molecular complexity index is 914. The maximum atomic E-state index is 14.1. The van der Waals surface area contributed by atoms with Gasteiger partial charge in [0.2, 0.25) is 0 Å². The first-order valence-electron chi connectivity index (χ1n) is 8.74. The van der Waals surface area contributed by atoms with Crippen LogP contribution in [0.1, 0.15) is 40.0 Å². The summed E-state index contributed by atoms with van der Waals surface area (Å²) in [5, 5.41) is 9.08. The van der Waals surface area contributed by atoms with E-state index in [-0.39, 0.29) is 31.0 Å². The van der Waals surface area contributed by atoms with Crippen molar-refractivity contribution < 1.29 is 32.2 Å². The van der Waals surface area contributed by atoms with Gasteiger partial charge in [0.25, 0.3) is 5.91 Å². The first kappa shape index (κ1) is 20.5. The molecule has 3 rings (SSSR count). The van der Waals surface area contributed by atoms with Gasteiger partial charge in [-0.2, -0.15) is 12.7 Å². The Morgan fingerprint density at radius 1 is 1.25 bits per heavy atom. The number of hydrogen-bond donors (Lipinski definition) is 2. The molecule has 2 aliphatic rings. The molecule has 0 atom stereocenters. The van der Waals surface area contributed by atoms with E-state index in [9.17, 15) is 22.4 Å². The molecule has 2 heterocycles. The van der Waals surface area contributed by atoms with Crippen LogP contribution in [-0.4, -0.2) is 69.1 Å². The number of benzene rings is 1. The fraction of sp³-hybridized carbons (Fsp3) is 0.529. The monoisotopic (exact) mass is 415 g/mol. The van der Waals surface area contributed by atoms with Gasteiger partial charge in [0.15, 0.2) is 0 Å². The van der Waals surface area contributed by atoms with Crippen LogP contribution in [0.2, 0.25) is 0 Å². The number of amides is 1. The van der Waals surface area contributed by atoms with E-state index < -0.39 is 39.0 Å². The van der Waals surface area contributed by atoms with Crippen LogP contribution < -0.4 is 9.62 Å². The van der Waals surface area contributed by atoms with E-state index in [2.05, 4.69) is 0 Å². The molecular weight excluding hydrogens is 393 g/mol. The molecule has 1 aromatic rings. The molecular formula is C17H22FN3O6S. The van der Waals surface area contributed by atoms with Crippen molar-refractivity contribution in [3.63, 3.8) is 0 Å². The van der Waals surface area contributed by atoms with E-state index in [0.717, 1.165) is 18.6 Å². The molecule has 0 saturated carbocycles. The second kappa shape index (κ2) is 7.30. The molecule has 0 aromatic heterocycles. The third kappa shape index (κ3) is 3.56. The van der Waals surface area contributed by atoms with Crippen molar-refractivity contribution >= 4 is 27.8 Å². The van der Waals surface area contributed by atoms with Crippen molar-refractivity contribution in [2.45, 2.75) is 24.8 Å². The molecule has 0 unspecified atom stereocenters. The van der Waals surface area contributed by atoms with Gasteiger partial charge in [-0.05, 0) is 25.0 Å². The van der Waals surface area contributed by atoms with E-state index in [0.29, 0.717) is 12.8 Å². The minimum Gasteiger partial charge on any atom is -0.478 e. The lowest BCUT2D eigenvalue weighted by atomic mass is 9.87. The first-order valence-corrected chi connectivity index (χ1v) is 10.2. The zero-order chi connectivity index (χ0) is 20.7. The summed E-state index contributed by atoms with van der Waals surface area (Å²) < 4.78 is 48.3. The zero-order valence-electron chi connectivity index (χ0n) is 15.6. The predicted molar refractivity (Wildman–Crippen MR) is 98.2 cm³/mol. The number of carbonyl (C=O) groups is 2. The number of halogens is 1. The quantitative estimate of drug-likeness (QED) is 0.731. The fourth-order valence-electron chi connectivity index (χ4n) is 3.58. The Hall–Kier alpha value is -2.24. The van der Waals surface area contributed by atoms with Gasteiger partial charge in [-0.15, -0.1) is 0 Å². The Morgan fingerprint density at radius 3 is 2.46 bits per heavy atom. The molecule has 9 nitrogen and oxygen atoms in total. The van der Waals surface area contributed by atoms with Crippen LogP contribution in [0.15, 0.2) is 12.1 Å². The minimum absolute atomic E-state index is 0.0897. The normalized spacial score (nSPS) is 19.1. The molecule has 1 aromatic carbocycles. The van der Waals surface area contributed by atoms with Gasteiger partial charge >= 0.3 is 16.2 Å². The SMILES string of the molecule is CN(C)c1cc(C(=O)O)c(F)cc1C(=O)NS(=O)(=O)N1CCCCC12COC2. The van der Waals surface area contributed by atoms with Gasteiger partial charge in [-0.25, -0.2) is 13.9 Å². The number of carbonyl (C=O) groups excluding carboxylic acids is 1. The fourth-order valence-corrected chi connectivity index (χ4v) is 5.11. The first-order chi connectivity index (χ1) is 13.1. The minimum atomic E-state index is -4.18. The van der Waals surface area contributed by atoms with Gasteiger partial charge in [0.1, 0.15) is 5.82 Å². The van der Waals surface area contributed by atoms with Crippen LogP contribution in [0.25, 0.3) is 0 Å². The van der Waals surface area contributed by atoms with Crippen molar-refractivity contribution in [1.82, 2.24) is 9.03 Å². The number of anilines is 1. The largest absolute Gasteiger partial charge is 0.478 e. The van der Waals surface area contributed by atoms with Crippen molar-refractivity contribution in [2.24, 2.45) is 0 Å². The predicted octanol–water partition coefficient (Wildman–Crippen LogP) is 0.819. The van der Waals surface area contributed by atoms with Crippen LogP contribution in [0.3, 0.4) is 0 Å². The summed E-state index contributed by atoms with van der Waals surface area (Å²) in [6.45, 7) is 0.804. The molecule has 1 spiro atoms. The average molecular weight is 415 g/mol. The van der Waals surface area contributed by atoms with Crippen molar-refractivity contribution in [2.75, 3.05) is 38.8 Å². The van der Waals surface area contributed by atoms with Crippen LogP contribution in [-0.2, 0) is 14.9 Å². The zero-order valence-corrected chi connectivity index (χ0v) is 16.4. The molecule has 2 aliphatic heterocycles. The van der Waals surface area contributed by atoms with Gasteiger partial charge in [0, 0.05) is 20.6 Å². The number of carboxylic acids is 1. The summed E-state index contributed by atoms with van der Waals surface area (Å²) in [6.07, 6.45) is 2.19. The Morgan fingerprint density at radius 2 is 1.93 bits per heavy atom. The maximum absolute atomic E-state index is 14.1. The number of rotatable bonds is 5. The smallest absolute Gasteiger partial charge is 0.338 e. The van der Waals surface area contributed by atoms with Gasteiger partial charge in [-0.3, -0.25) is 4.79 Å². The van der Waals surface area contributed by atoms with E-state index in [4.69, 9.17) is 9.84 Å². The molecule has 154 valence electrons. The highest BCUT2D eigenvalue weighted by atomic mass is 32.2. The van der Waals surface area contributed by atoms with Gasteiger partial charge < -0.3 is 14.7 Å². The molecule has 2 N–H and O–H groups in total. The van der Waals surface area contributed by atoms with Crippen molar-refractivity contribution in [3.05, 3.63) is 29.1 Å². The standard InChI is InChI=1S/C17H22FN3O6S/c1-20(2)14-8-11(16(23)24)13(18)7-12(14)15(22)19-28(25,26)21-6-4-3-5-17(21)9-27-10-17/h7-8H,3-6,9-10H2,1-2H3,(H,19,22)(H,23,24). The summed E-state index contributed by atoms with van der Waals surface area (Å²) in [4.78, 5) is 25.3. The molecule has 2 saturated heterocycles. The number of carboxylic acid groups (broad SMARTS) is 1. The second-order valence-electron chi connectivity index (χ2n) is 7.23. The lowest BCUT2D eigenvalue weighted by Gasteiger charge is -2.50. The lowest BCUT2D eigenvalue weighted by molar-refractivity contribution is -0.125. The number of ether oxygens (including phenoxy) is 1. The lowest BCUT2D eigenvalue weighted by Crippen LogP contribution is -2.67. The molecule has 2 fully saturated rings. The Kier molecular flexibility index (Phi) is 5.34. The Balaban J connectivity index is 1.92. The summed E-state index contributed by atoms with van der Waals surface area (Å²) in [7, 11) is -1.11. The highest BCUT2D eigenvalue weighted by molar-refractivity contribution is 7.87. The van der Waals surface area contributed by atoms with Crippen LogP contribution in [0, 0.1) is 5.82 Å². The van der Waals surface area contributed by atoms with Crippen molar-refractivity contribution in [1.29, 1.82) is 0 Å². The Labute approximate surface area is 162 Å². The summed E-state index contributed by atoms with van der Waals surface area (Å²) >= 11 is 0. The molecule has 0 bridgehead atoms. The van der Waals surface area contributed by atoms with E-state index in [1.165, 1.54) is 23.3 Å². The van der Waals surface area contributed by atoms with Crippen molar-refractivity contribution in [3.8, 4) is 0 Å². The molecule has 1 amide bonds. The second-order valence-corrected chi connectivity index (χ2v) is 8.83. The van der Waals surface area contributed by atoms with E-state index in [1.807, 2.05) is 4.72 Å². The van der Waals surface area contributed by atoms with E-state index >= 15 is 0 Å². The molecule has 28 heavy (non-hydrogen) atoms. The topological polar surface area (TPSA) is 116 Å².